The molecule has 1 aromatic carbocycles. The van der Waals surface area contributed by atoms with Crippen LogP contribution >= 0.6 is 0 Å². The Balaban J connectivity index is 2.87. The maximum Gasteiger partial charge on any atom is 0.122 e. The number of amidine groups is 1. The van der Waals surface area contributed by atoms with Crippen LogP contribution in [0, 0.1) is 5.41 Å². The summed E-state index contributed by atoms with van der Waals surface area (Å²) in [7, 11) is 0. The quantitative estimate of drug-likeness (QED) is 0.573. The van der Waals surface area contributed by atoms with Crippen molar-refractivity contribution in [1.29, 1.82) is 5.41 Å². The predicted octanol–water partition coefficient (Wildman–Crippen LogP) is 3.38. The Morgan fingerprint density at radius 2 is 1.89 bits per heavy atom. The third-order valence-corrected chi connectivity index (χ3v) is 3.39. The maximum absolute atomic E-state index is 7.41. The number of rotatable bonds is 7. The van der Waals surface area contributed by atoms with Crippen molar-refractivity contribution in [2.24, 2.45) is 5.73 Å². The molecule has 0 saturated heterocycles. The minimum atomic E-state index is 0.130. The molecule has 1 rings (SSSR count). The zero-order valence-electron chi connectivity index (χ0n) is 11.7. The summed E-state index contributed by atoms with van der Waals surface area (Å²) in [6.07, 6.45) is 3.55. The van der Waals surface area contributed by atoms with Gasteiger partial charge in [-0.2, -0.15) is 0 Å². The fraction of sp³-hybridized carbons (Fsp3) is 0.533. The van der Waals surface area contributed by atoms with E-state index in [-0.39, 0.29) is 5.84 Å². The number of benzene rings is 1. The highest BCUT2D eigenvalue weighted by atomic mass is 15.2. The molecule has 18 heavy (non-hydrogen) atoms. The molecular weight excluding hydrogens is 222 g/mol. The Kier molecular flexibility index (Phi) is 5.69. The lowest BCUT2D eigenvalue weighted by Crippen LogP contribution is -2.33. The van der Waals surface area contributed by atoms with Crippen molar-refractivity contribution < 1.29 is 0 Å². The van der Waals surface area contributed by atoms with Crippen LogP contribution < -0.4 is 10.6 Å². The lowest BCUT2D eigenvalue weighted by atomic mass is 10.1. The van der Waals surface area contributed by atoms with Gasteiger partial charge in [-0.3, -0.25) is 5.41 Å². The van der Waals surface area contributed by atoms with E-state index in [1.807, 2.05) is 12.1 Å². The van der Waals surface area contributed by atoms with E-state index in [0.717, 1.165) is 18.5 Å². The third kappa shape index (κ3) is 3.76. The summed E-state index contributed by atoms with van der Waals surface area (Å²) >= 11 is 0. The van der Waals surface area contributed by atoms with Gasteiger partial charge in [-0.15, -0.1) is 0 Å². The Morgan fingerprint density at radius 1 is 1.28 bits per heavy atom. The zero-order chi connectivity index (χ0) is 13.5. The number of nitrogens with two attached hydrogens (primary N) is 1. The van der Waals surface area contributed by atoms with Gasteiger partial charge in [0.15, 0.2) is 0 Å². The molecule has 0 aliphatic heterocycles. The molecule has 0 aromatic heterocycles. The number of hydrogen-bond acceptors (Lipinski definition) is 2. The van der Waals surface area contributed by atoms with Gasteiger partial charge in [0.2, 0.25) is 0 Å². The summed E-state index contributed by atoms with van der Waals surface area (Å²) in [6.45, 7) is 7.78. The Bertz CT molecular complexity index is 370. The summed E-state index contributed by atoms with van der Waals surface area (Å²) in [5.74, 6) is 0.130. The lowest BCUT2D eigenvalue weighted by Gasteiger charge is -2.31. The first-order chi connectivity index (χ1) is 8.60. The summed E-state index contributed by atoms with van der Waals surface area (Å²) in [4.78, 5) is 2.44. The first kappa shape index (κ1) is 14.6. The second-order valence-corrected chi connectivity index (χ2v) is 4.76. The van der Waals surface area contributed by atoms with E-state index < -0.39 is 0 Å². The van der Waals surface area contributed by atoms with Gasteiger partial charge in [0.25, 0.3) is 0 Å². The van der Waals surface area contributed by atoms with E-state index in [4.69, 9.17) is 11.1 Å². The zero-order valence-corrected chi connectivity index (χ0v) is 11.7. The van der Waals surface area contributed by atoms with Gasteiger partial charge in [0.1, 0.15) is 5.84 Å². The van der Waals surface area contributed by atoms with E-state index in [9.17, 15) is 0 Å². The molecule has 0 saturated carbocycles. The molecule has 0 fully saturated rings. The number of nitrogen functional groups attached to an aromatic ring is 1. The molecule has 0 heterocycles. The van der Waals surface area contributed by atoms with Crippen molar-refractivity contribution in [3.63, 3.8) is 0 Å². The van der Waals surface area contributed by atoms with Crippen LogP contribution in [0.1, 0.15) is 45.6 Å². The number of unbranched alkanes of at least 4 members (excludes halogenated alkanes) is 1. The smallest absolute Gasteiger partial charge is 0.122 e. The van der Waals surface area contributed by atoms with E-state index in [0.29, 0.717) is 6.04 Å². The van der Waals surface area contributed by atoms with E-state index >= 15 is 0 Å². The molecule has 0 aliphatic rings. The van der Waals surface area contributed by atoms with Gasteiger partial charge in [0, 0.05) is 23.8 Å². The first-order valence-corrected chi connectivity index (χ1v) is 6.81. The minimum absolute atomic E-state index is 0.130. The highest BCUT2D eigenvalue weighted by Gasteiger charge is 2.12. The van der Waals surface area contributed by atoms with E-state index in [1.54, 1.807) is 0 Å². The SMILES string of the molecule is CCCCN(c1ccc(C(=N)N)cc1)C(C)CC. The van der Waals surface area contributed by atoms with Gasteiger partial charge >= 0.3 is 0 Å². The highest BCUT2D eigenvalue weighted by molar-refractivity contribution is 5.95. The molecule has 1 atom stereocenters. The normalized spacial score (nSPS) is 12.2. The molecule has 1 unspecified atom stereocenters. The molecule has 0 spiro atoms. The molecular formula is C15H25N3. The van der Waals surface area contributed by atoms with Crippen LogP contribution in [0.25, 0.3) is 0 Å². The van der Waals surface area contributed by atoms with Crippen LogP contribution in [0.5, 0.6) is 0 Å². The molecule has 0 aliphatic carbocycles. The first-order valence-electron chi connectivity index (χ1n) is 6.81. The number of nitrogens with one attached hydrogen (secondary N) is 1. The van der Waals surface area contributed by atoms with Gasteiger partial charge in [-0.05, 0) is 44.0 Å². The molecule has 3 heteroatoms. The summed E-state index contributed by atoms with van der Waals surface area (Å²) in [5.41, 5.74) is 7.49. The van der Waals surface area contributed by atoms with Crippen LogP contribution in [0.3, 0.4) is 0 Å². The fourth-order valence-electron chi connectivity index (χ4n) is 1.99. The summed E-state index contributed by atoms with van der Waals surface area (Å²) in [5, 5.41) is 7.41. The van der Waals surface area contributed by atoms with Gasteiger partial charge in [0.05, 0.1) is 0 Å². The fourth-order valence-corrected chi connectivity index (χ4v) is 1.99. The van der Waals surface area contributed by atoms with Gasteiger partial charge < -0.3 is 10.6 Å². The van der Waals surface area contributed by atoms with E-state index in [2.05, 4.69) is 37.8 Å². The second-order valence-electron chi connectivity index (χ2n) is 4.76. The summed E-state index contributed by atoms with van der Waals surface area (Å²) in [6, 6.07) is 8.54. The maximum atomic E-state index is 7.41. The molecule has 3 nitrogen and oxygen atoms in total. The predicted molar refractivity (Wildman–Crippen MR) is 79.5 cm³/mol. The topological polar surface area (TPSA) is 53.1 Å². The molecule has 0 amide bonds. The van der Waals surface area contributed by atoms with Crippen LogP contribution in [0.15, 0.2) is 24.3 Å². The van der Waals surface area contributed by atoms with Crippen molar-refractivity contribution in [2.75, 3.05) is 11.4 Å². The van der Waals surface area contributed by atoms with Gasteiger partial charge in [-0.1, -0.05) is 20.3 Å². The van der Waals surface area contributed by atoms with Crippen molar-refractivity contribution >= 4 is 11.5 Å². The lowest BCUT2D eigenvalue weighted by molar-refractivity contribution is 0.596. The molecule has 0 bridgehead atoms. The van der Waals surface area contributed by atoms with Crippen LogP contribution in [0.4, 0.5) is 5.69 Å². The highest BCUT2D eigenvalue weighted by Crippen LogP contribution is 2.20. The summed E-state index contributed by atoms with van der Waals surface area (Å²) < 4.78 is 0. The molecule has 3 N–H and O–H groups in total. The van der Waals surface area contributed by atoms with Crippen LogP contribution in [-0.4, -0.2) is 18.4 Å². The van der Waals surface area contributed by atoms with Crippen LogP contribution in [0.2, 0.25) is 0 Å². The second kappa shape index (κ2) is 7.04. The van der Waals surface area contributed by atoms with Crippen molar-refractivity contribution in [3.05, 3.63) is 29.8 Å². The third-order valence-electron chi connectivity index (χ3n) is 3.39. The number of nitrogens with zero attached hydrogens (tertiary/aromatic N) is 1. The van der Waals surface area contributed by atoms with Crippen molar-refractivity contribution in [1.82, 2.24) is 0 Å². The molecule has 0 radical (unpaired) electrons. The van der Waals surface area contributed by atoms with Gasteiger partial charge in [-0.25, -0.2) is 0 Å². The Morgan fingerprint density at radius 3 is 2.33 bits per heavy atom. The number of hydrogen-bond donors (Lipinski definition) is 2. The average Bonchev–Trinajstić information content (AvgIpc) is 2.39. The van der Waals surface area contributed by atoms with Crippen LogP contribution in [-0.2, 0) is 0 Å². The standard InChI is InChI=1S/C15H25N3/c1-4-6-11-18(12(3)5-2)14-9-7-13(8-10-14)15(16)17/h7-10,12H,4-6,11H2,1-3H3,(H3,16,17). The molecule has 1 aromatic rings. The molecule has 100 valence electrons. The van der Waals surface area contributed by atoms with Crippen molar-refractivity contribution in [2.45, 2.75) is 46.1 Å². The Labute approximate surface area is 111 Å². The van der Waals surface area contributed by atoms with E-state index in [1.165, 1.54) is 18.5 Å². The average molecular weight is 247 g/mol. The Hall–Kier alpha value is -1.51. The largest absolute Gasteiger partial charge is 0.384 e. The monoisotopic (exact) mass is 247 g/mol. The number of anilines is 1. The minimum Gasteiger partial charge on any atom is -0.384 e. The van der Waals surface area contributed by atoms with Crippen molar-refractivity contribution in [3.8, 4) is 0 Å².